The minimum absolute atomic E-state index is 0.172. The SMILES string of the molecule is CCOc1ccc(C23CC4CC(CC(C4)C2)C3)cc1/C=C1\SC(=O)N(CCOc2ccccc2OC)C1=O. The molecule has 1 aliphatic heterocycles. The summed E-state index contributed by atoms with van der Waals surface area (Å²) in [4.78, 5) is 27.7. The summed E-state index contributed by atoms with van der Waals surface area (Å²) >= 11 is 0.985. The van der Waals surface area contributed by atoms with Crippen molar-refractivity contribution in [3.63, 3.8) is 0 Å². The Bertz CT molecular complexity index is 1240. The topological polar surface area (TPSA) is 65.1 Å². The second-order valence-corrected chi connectivity index (χ2v) is 12.2. The predicted octanol–water partition coefficient (Wildman–Crippen LogP) is 6.68. The van der Waals surface area contributed by atoms with Crippen LogP contribution in [0.3, 0.4) is 0 Å². The molecule has 1 heterocycles. The number of carbonyl (C=O) groups is 2. The van der Waals surface area contributed by atoms with Crippen LogP contribution in [0.1, 0.15) is 56.6 Å². The van der Waals surface area contributed by atoms with E-state index in [-0.39, 0.29) is 29.7 Å². The van der Waals surface area contributed by atoms with E-state index in [1.807, 2.05) is 31.2 Å². The normalized spacial score (nSPS) is 28.8. The standard InChI is InChI=1S/C31H35NO5S/c1-3-36-25-9-8-24(31-17-20-12-21(18-31)14-22(13-20)19-31)15-23(25)16-28-29(33)32(30(34)38-28)10-11-37-27-7-5-4-6-26(27)35-2/h4-9,15-16,20-22H,3,10-14,17-19H2,1-2H3/b28-16-. The number of carbonyl (C=O) groups excluding carboxylic acids is 2. The molecule has 0 N–H and O–H groups in total. The maximum absolute atomic E-state index is 13.3. The van der Waals surface area contributed by atoms with Crippen LogP contribution in [0.5, 0.6) is 17.2 Å². The Balaban J connectivity index is 1.21. The Kier molecular flexibility index (Phi) is 6.89. The first-order valence-corrected chi connectivity index (χ1v) is 14.6. The van der Waals surface area contributed by atoms with Gasteiger partial charge in [0.1, 0.15) is 12.4 Å². The van der Waals surface area contributed by atoms with Crippen LogP contribution in [-0.4, -0.2) is 42.9 Å². The van der Waals surface area contributed by atoms with E-state index in [1.165, 1.54) is 49.0 Å². The largest absolute Gasteiger partial charge is 0.493 e. The number of amides is 2. The fourth-order valence-corrected chi connectivity index (χ4v) is 8.42. The number of thioether (sulfide) groups is 1. The number of benzene rings is 2. The first-order valence-electron chi connectivity index (χ1n) is 13.8. The van der Waals surface area contributed by atoms with Crippen molar-refractivity contribution in [1.82, 2.24) is 4.90 Å². The van der Waals surface area contributed by atoms with E-state index < -0.39 is 0 Å². The maximum Gasteiger partial charge on any atom is 0.293 e. The molecule has 4 bridgehead atoms. The molecule has 0 spiro atoms. The zero-order chi connectivity index (χ0) is 26.3. The molecule has 1 saturated heterocycles. The van der Waals surface area contributed by atoms with Crippen LogP contribution >= 0.6 is 11.8 Å². The van der Waals surface area contributed by atoms with Gasteiger partial charge >= 0.3 is 0 Å². The summed E-state index contributed by atoms with van der Waals surface area (Å²) in [6.07, 6.45) is 9.87. The highest BCUT2D eigenvalue weighted by molar-refractivity contribution is 8.18. The molecule has 0 unspecified atom stereocenters. The summed E-state index contributed by atoms with van der Waals surface area (Å²) in [6.45, 7) is 2.87. The van der Waals surface area contributed by atoms with E-state index in [2.05, 4.69) is 18.2 Å². The van der Waals surface area contributed by atoms with E-state index in [4.69, 9.17) is 14.2 Å². The lowest BCUT2D eigenvalue weighted by molar-refractivity contribution is -0.123. The van der Waals surface area contributed by atoms with E-state index in [9.17, 15) is 9.59 Å². The molecule has 7 rings (SSSR count). The smallest absolute Gasteiger partial charge is 0.293 e. The number of imide groups is 1. The molecule has 7 heteroatoms. The minimum atomic E-state index is -0.286. The molecule has 4 saturated carbocycles. The summed E-state index contributed by atoms with van der Waals surface area (Å²) in [5.41, 5.74) is 2.50. The number of para-hydroxylation sites is 2. The van der Waals surface area contributed by atoms with Gasteiger partial charge in [0.05, 0.1) is 25.2 Å². The molecule has 2 aromatic rings. The molecule has 38 heavy (non-hydrogen) atoms. The van der Waals surface area contributed by atoms with Crippen molar-refractivity contribution < 1.29 is 23.8 Å². The zero-order valence-electron chi connectivity index (χ0n) is 22.1. The molecule has 0 atom stereocenters. The number of nitrogens with zero attached hydrogens (tertiary/aromatic N) is 1. The first kappa shape index (κ1) is 25.4. The quantitative estimate of drug-likeness (QED) is 0.335. The predicted molar refractivity (Wildman–Crippen MR) is 149 cm³/mol. The van der Waals surface area contributed by atoms with Crippen LogP contribution in [0.4, 0.5) is 4.79 Å². The van der Waals surface area contributed by atoms with Gasteiger partial charge in [-0.05, 0) is 116 Å². The van der Waals surface area contributed by atoms with E-state index in [0.717, 1.165) is 40.8 Å². The van der Waals surface area contributed by atoms with Crippen LogP contribution < -0.4 is 14.2 Å². The van der Waals surface area contributed by atoms with Crippen molar-refractivity contribution >= 4 is 29.0 Å². The maximum atomic E-state index is 13.3. The van der Waals surface area contributed by atoms with Crippen LogP contribution in [0, 0.1) is 17.8 Å². The number of hydrogen-bond donors (Lipinski definition) is 0. The van der Waals surface area contributed by atoms with E-state index >= 15 is 0 Å². The molecule has 2 aromatic carbocycles. The van der Waals surface area contributed by atoms with Gasteiger partial charge in [0.15, 0.2) is 11.5 Å². The highest BCUT2D eigenvalue weighted by Crippen LogP contribution is 2.61. The Labute approximate surface area is 228 Å². The van der Waals surface area contributed by atoms with Gasteiger partial charge < -0.3 is 14.2 Å². The summed E-state index contributed by atoms with van der Waals surface area (Å²) in [7, 11) is 1.58. The van der Waals surface area contributed by atoms with Gasteiger partial charge in [-0.25, -0.2) is 0 Å². The van der Waals surface area contributed by atoms with Crippen LogP contribution in [0.2, 0.25) is 0 Å². The summed E-state index contributed by atoms with van der Waals surface area (Å²) in [5.74, 6) is 4.23. The van der Waals surface area contributed by atoms with Gasteiger partial charge in [0.2, 0.25) is 0 Å². The third kappa shape index (κ3) is 4.70. The Hall–Kier alpha value is -2.93. The fraction of sp³-hybridized carbons (Fsp3) is 0.484. The van der Waals surface area contributed by atoms with E-state index in [1.54, 1.807) is 13.2 Å². The number of rotatable bonds is 9. The van der Waals surface area contributed by atoms with E-state index in [0.29, 0.717) is 23.0 Å². The van der Waals surface area contributed by atoms with Crippen molar-refractivity contribution in [2.24, 2.45) is 17.8 Å². The summed E-state index contributed by atoms with van der Waals surface area (Å²) in [6, 6.07) is 13.9. The van der Waals surface area contributed by atoms with Crippen LogP contribution in [-0.2, 0) is 10.2 Å². The van der Waals surface area contributed by atoms with Gasteiger partial charge in [-0.3, -0.25) is 14.5 Å². The van der Waals surface area contributed by atoms with Crippen molar-refractivity contribution in [3.05, 3.63) is 58.5 Å². The molecule has 4 aliphatic carbocycles. The third-order valence-corrected chi connectivity index (χ3v) is 9.67. The van der Waals surface area contributed by atoms with Gasteiger partial charge in [0.25, 0.3) is 11.1 Å². The van der Waals surface area contributed by atoms with Crippen molar-refractivity contribution in [3.8, 4) is 17.2 Å². The zero-order valence-corrected chi connectivity index (χ0v) is 22.9. The van der Waals surface area contributed by atoms with Crippen molar-refractivity contribution in [2.45, 2.75) is 50.9 Å². The van der Waals surface area contributed by atoms with Crippen molar-refractivity contribution in [1.29, 1.82) is 0 Å². The Morgan fingerprint density at radius 2 is 1.63 bits per heavy atom. The molecule has 6 nitrogen and oxygen atoms in total. The fourth-order valence-electron chi connectivity index (χ4n) is 7.56. The average Bonchev–Trinajstić information content (AvgIpc) is 3.16. The lowest BCUT2D eigenvalue weighted by Gasteiger charge is -2.57. The van der Waals surface area contributed by atoms with Crippen LogP contribution in [0.15, 0.2) is 47.4 Å². The van der Waals surface area contributed by atoms with Crippen LogP contribution in [0.25, 0.3) is 6.08 Å². The Morgan fingerprint density at radius 3 is 2.29 bits per heavy atom. The monoisotopic (exact) mass is 533 g/mol. The van der Waals surface area contributed by atoms with Crippen molar-refractivity contribution in [2.75, 3.05) is 26.9 Å². The number of ether oxygens (including phenoxy) is 3. The molecule has 2 amide bonds. The molecule has 5 fully saturated rings. The molecule has 5 aliphatic rings. The third-order valence-electron chi connectivity index (χ3n) is 8.76. The summed E-state index contributed by atoms with van der Waals surface area (Å²) in [5, 5.41) is -0.278. The second-order valence-electron chi connectivity index (χ2n) is 11.2. The minimum Gasteiger partial charge on any atom is -0.493 e. The molecule has 0 radical (unpaired) electrons. The first-order chi connectivity index (χ1) is 18.5. The van der Waals surface area contributed by atoms with Gasteiger partial charge in [-0.15, -0.1) is 0 Å². The molecular formula is C31H35NO5S. The average molecular weight is 534 g/mol. The van der Waals surface area contributed by atoms with Gasteiger partial charge in [-0.2, -0.15) is 0 Å². The van der Waals surface area contributed by atoms with Gasteiger partial charge in [0, 0.05) is 5.56 Å². The van der Waals surface area contributed by atoms with Gasteiger partial charge in [-0.1, -0.05) is 18.2 Å². The molecule has 0 aromatic heterocycles. The highest BCUT2D eigenvalue weighted by Gasteiger charge is 2.51. The lowest BCUT2D eigenvalue weighted by atomic mass is 9.48. The molecular weight excluding hydrogens is 498 g/mol. The second kappa shape index (κ2) is 10.3. The lowest BCUT2D eigenvalue weighted by Crippen LogP contribution is -2.48. The molecule has 200 valence electrons. The summed E-state index contributed by atoms with van der Waals surface area (Å²) < 4.78 is 17.1. The highest BCUT2D eigenvalue weighted by atomic mass is 32.2. The number of methoxy groups -OCH3 is 1. The number of hydrogen-bond acceptors (Lipinski definition) is 6. The Morgan fingerprint density at radius 1 is 0.947 bits per heavy atom.